The number of Topliss-reactive ketones (excluding diaryl/α,β-unsaturated/α-hetero) is 1. The van der Waals surface area contributed by atoms with Crippen LogP contribution in [0.25, 0.3) is 0 Å². The number of nitrogens with one attached hydrogen (secondary N) is 1. The second-order valence-electron chi connectivity index (χ2n) is 5.54. The Morgan fingerprint density at radius 1 is 1.46 bits per heavy atom. The summed E-state index contributed by atoms with van der Waals surface area (Å²) >= 11 is 0. The van der Waals surface area contributed by atoms with Crippen molar-refractivity contribution in [2.45, 2.75) is 50.5 Å². The minimum Gasteiger partial charge on any atom is -0.364 e. The van der Waals surface area contributed by atoms with Crippen molar-refractivity contribution in [3.63, 3.8) is 0 Å². The summed E-state index contributed by atoms with van der Waals surface area (Å²) in [5, 5.41) is 5.98. The molecular weight excluding hydrogens is 326 g/mol. The number of nitrogens with two attached hydrogens (primary N) is 1. The molecule has 0 aromatic carbocycles. The molecule has 1 aliphatic carbocycles. The molecule has 10 heteroatoms. The second kappa shape index (κ2) is 7.02. The van der Waals surface area contributed by atoms with E-state index in [1.165, 1.54) is 0 Å². The lowest BCUT2D eigenvalue weighted by molar-refractivity contribution is -0.142. The van der Waals surface area contributed by atoms with Crippen molar-refractivity contribution < 1.29 is 27.7 Å². The zero-order valence-electron chi connectivity index (χ0n) is 12.9. The Bertz CT molecular complexity index is 642. The van der Waals surface area contributed by atoms with E-state index in [0.717, 1.165) is 12.8 Å². The Morgan fingerprint density at radius 3 is 2.67 bits per heavy atom. The predicted octanol–water partition coefficient (Wildman–Crippen LogP) is 0.739. The van der Waals surface area contributed by atoms with Gasteiger partial charge in [0.15, 0.2) is 5.82 Å². The van der Waals surface area contributed by atoms with E-state index in [2.05, 4.69) is 21.2 Å². The Labute approximate surface area is 136 Å². The van der Waals surface area contributed by atoms with E-state index in [0.29, 0.717) is 12.2 Å². The molecule has 1 heterocycles. The lowest BCUT2D eigenvalue weighted by Gasteiger charge is -2.15. The first-order valence-electron chi connectivity index (χ1n) is 7.43. The summed E-state index contributed by atoms with van der Waals surface area (Å²) in [5.74, 6) is -6.74. The Kier molecular flexibility index (Phi) is 5.25. The van der Waals surface area contributed by atoms with Gasteiger partial charge in [-0.1, -0.05) is 12.1 Å². The molecular formula is C14H17F2N4O4. The van der Waals surface area contributed by atoms with Crippen molar-refractivity contribution >= 4 is 17.6 Å². The molecule has 1 aromatic heterocycles. The fraction of sp³-hybridized carbons (Fsp3) is 0.571. The molecule has 2 amide bonds. The molecule has 0 unspecified atom stereocenters. The number of rotatable bonds is 9. The number of alkyl halides is 2. The highest BCUT2D eigenvalue weighted by Gasteiger charge is 2.37. The van der Waals surface area contributed by atoms with Gasteiger partial charge in [-0.25, -0.2) is 0 Å². The molecule has 0 saturated heterocycles. The SMILES string of the molecule is CC[C@H](NC(=O)[CH]CC(F)(F)C(N)=O)C(=O)c1nc(C2CC2)no1. The van der Waals surface area contributed by atoms with Gasteiger partial charge in [-0.3, -0.25) is 14.4 Å². The number of carbonyl (C=O) groups excluding carboxylic acids is 3. The van der Waals surface area contributed by atoms with Gasteiger partial charge < -0.3 is 15.6 Å². The van der Waals surface area contributed by atoms with Gasteiger partial charge in [0.1, 0.15) is 0 Å². The number of hydrogen-bond acceptors (Lipinski definition) is 6. The summed E-state index contributed by atoms with van der Waals surface area (Å²) in [6.07, 6.45) is 1.50. The van der Waals surface area contributed by atoms with Crippen LogP contribution in [0.5, 0.6) is 0 Å². The summed E-state index contributed by atoms with van der Waals surface area (Å²) in [6.45, 7) is 1.62. The summed E-state index contributed by atoms with van der Waals surface area (Å²) < 4.78 is 31.0. The molecule has 1 aliphatic rings. The maximum atomic E-state index is 13.0. The number of amides is 2. The number of hydrogen-bond donors (Lipinski definition) is 2. The highest BCUT2D eigenvalue weighted by atomic mass is 19.3. The van der Waals surface area contributed by atoms with Crippen LogP contribution in [0.15, 0.2) is 4.52 Å². The number of carbonyl (C=O) groups is 3. The highest BCUT2D eigenvalue weighted by Crippen LogP contribution is 2.38. The minimum absolute atomic E-state index is 0.200. The first-order valence-corrected chi connectivity index (χ1v) is 7.43. The third kappa shape index (κ3) is 4.33. The predicted molar refractivity (Wildman–Crippen MR) is 75.9 cm³/mol. The van der Waals surface area contributed by atoms with Gasteiger partial charge in [0.25, 0.3) is 11.8 Å². The average Bonchev–Trinajstić information content (AvgIpc) is 3.27. The zero-order valence-corrected chi connectivity index (χ0v) is 12.9. The van der Waals surface area contributed by atoms with Crippen LogP contribution in [0.4, 0.5) is 8.78 Å². The van der Waals surface area contributed by atoms with E-state index in [-0.39, 0.29) is 18.2 Å². The van der Waals surface area contributed by atoms with E-state index in [9.17, 15) is 23.2 Å². The van der Waals surface area contributed by atoms with Crippen LogP contribution >= 0.6 is 0 Å². The van der Waals surface area contributed by atoms with Crippen molar-refractivity contribution in [3.05, 3.63) is 18.1 Å². The van der Waals surface area contributed by atoms with Crippen molar-refractivity contribution in [1.82, 2.24) is 15.5 Å². The number of nitrogens with zero attached hydrogens (tertiary/aromatic N) is 2. The molecule has 2 rings (SSSR count). The molecule has 1 radical (unpaired) electrons. The van der Waals surface area contributed by atoms with Crippen LogP contribution in [0.3, 0.4) is 0 Å². The van der Waals surface area contributed by atoms with Crippen LogP contribution in [0, 0.1) is 6.42 Å². The van der Waals surface area contributed by atoms with Crippen LogP contribution in [-0.2, 0) is 9.59 Å². The maximum absolute atomic E-state index is 13.0. The van der Waals surface area contributed by atoms with Crippen molar-refractivity contribution in [2.24, 2.45) is 5.73 Å². The fourth-order valence-electron chi connectivity index (χ4n) is 1.90. The standard InChI is InChI=1S/C14H17F2N4O4/c1-2-8(18-9(21)5-6-14(15,16)13(17)23)10(22)12-19-11(20-24-12)7-3-4-7/h5,7-8H,2-4,6H2,1H3,(H2,17,23)(H,18,21)/t8-/m0/s1. The number of primary amides is 1. The van der Waals surface area contributed by atoms with Gasteiger partial charge in [-0.05, 0) is 19.3 Å². The van der Waals surface area contributed by atoms with Gasteiger partial charge >= 0.3 is 5.92 Å². The Morgan fingerprint density at radius 2 is 2.12 bits per heavy atom. The van der Waals surface area contributed by atoms with E-state index in [1.807, 2.05) is 0 Å². The highest BCUT2D eigenvalue weighted by molar-refractivity contribution is 5.99. The van der Waals surface area contributed by atoms with E-state index >= 15 is 0 Å². The third-order valence-electron chi connectivity index (χ3n) is 3.54. The van der Waals surface area contributed by atoms with Crippen LogP contribution < -0.4 is 11.1 Å². The topological polar surface area (TPSA) is 128 Å². The second-order valence-corrected chi connectivity index (χ2v) is 5.54. The molecule has 0 aliphatic heterocycles. The van der Waals surface area contributed by atoms with Gasteiger partial charge in [0.2, 0.25) is 11.7 Å². The maximum Gasteiger partial charge on any atom is 0.325 e. The normalized spacial score (nSPS) is 15.8. The molecule has 131 valence electrons. The van der Waals surface area contributed by atoms with Crippen molar-refractivity contribution in [3.8, 4) is 0 Å². The van der Waals surface area contributed by atoms with Gasteiger partial charge in [0, 0.05) is 12.3 Å². The summed E-state index contributed by atoms with van der Waals surface area (Å²) in [4.78, 5) is 38.4. The van der Waals surface area contributed by atoms with E-state index in [4.69, 9.17) is 4.52 Å². The molecule has 8 nitrogen and oxygen atoms in total. The van der Waals surface area contributed by atoms with Crippen molar-refractivity contribution in [2.75, 3.05) is 0 Å². The molecule has 24 heavy (non-hydrogen) atoms. The third-order valence-corrected chi connectivity index (χ3v) is 3.54. The molecule has 0 bridgehead atoms. The lowest BCUT2D eigenvalue weighted by atomic mass is 10.1. The van der Waals surface area contributed by atoms with Crippen LogP contribution in [-0.4, -0.2) is 39.7 Å². The van der Waals surface area contributed by atoms with E-state index in [1.54, 1.807) is 6.92 Å². The number of aromatic nitrogens is 2. The largest absolute Gasteiger partial charge is 0.364 e. The quantitative estimate of drug-likeness (QED) is 0.636. The summed E-state index contributed by atoms with van der Waals surface area (Å²) in [5.41, 5.74) is 4.52. The monoisotopic (exact) mass is 343 g/mol. The summed E-state index contributed by atoms with van der Waals surface area (Å²) in [7, 11) is 0. The number of halogens is 2. The molecule has 1 saturated carbocycles. The first-order chi connectivity index (χ1) is 11.2. The lowest BCUT2D eigenvalue weighted by Crippen LogP contribution is -2.42. The van der Waals surface area contributed by atoms with Crippen LogP contribution in [0.2, 0.25) is 0 Å². The van der Waals surface area contributed by atoms with Crippen molar-refractivity contribution in [1.29, 1.82) is 0 Å². The Balaban J connectivity index is 1.91. The molecule has 1 aromatic rings. The minimum atomic E-state index is -3.82. The molecule has 1 fully saturated rings. The smallest absolute Gasteiger partial charge is 0.325 e. The first kappa shape index (κ1) is 18.0. The number of ketones is 1. The van der Waals surface area contributed by atoms with Gasteiger partial charge in [0.05, 0.1) is 12.5 Å². The van der Waals surface area contributed by atoms with Crippen LogP contribution in [0.1, 0.15) is 55.0 Å². The Hall–Kier alpha value is -2.39. The van der Waals surface area contributed by atoms with Gasteiger partial charge in [-0.2, -0.15) is 13.8 Å². The summed E-state index contributed by atoms with van der Waals surface area (Å²) in [6, 6.07) is -0.997. The molecule has 1 atom stereocenters. The molecule has 0 spiro atoms. The zero-order chi connectivity index (χ0) is 17.9. The fourth-order valence-corrected chi connectivity index (χ4v) is 1.90. The van der Waals surface area contributed by atoms with E-state index < -0.39 is 36.0 Å². The average molecular weight is 343 g/mol. The van der Waals surface area contributed by atoms with Gasteiger partial charge in [-0.15, -0.1) is 0 Å². The molecule has 3 N–H and O–H groups in total.